The van der Waals surface area contributed by atoms with Crippen molar-refractivity contribution in [3.8, 4) is 0 Å². The third-order valence-electron chi connectivity index (χ3n) is 7.37. The molecule has 2 nitrogen and oxygen atoms in total. The van der Waals surface area contributed by atoms with Gasteiger partial charge in [-0.15, -0.1) is 0 Å². The molecule has 0 saturated heterocycles. The van der Waals surface area contributed by atoms with Crippen LogP contribution in [-0.2, 0) is 10.3 Å². The van der Waals surface area contributed by atoms with Gasteiger partial charge in [0.2, 0.25) is 5.90 Å². The van der Waals surface area contributed by atoms with Crippen molar-refractivity contribution in [2.24, 2.45) is 10.9 Å². The fourth-order valence-electron chi connectivity index (χ4n) is 5.63. The lowest BCUT2D eigenvalue weighted by Crippen LogP contribution is -2.41. The first-order valence-corrected chi connectivity index (χ1v) is 14.9. The second-order valence-corrected chi connectivity index (χ2v) is 12.4. The Kier molecular flexibility index (Phi) is 7.14. The van der Waals surface area contributed by atoms with Crippen LogP contribution in [-0.4, -0.2) is 11.9 Å². The molecule has 1 aliphatic heterocycles. The first kappa shape index (κ1) is 25.3. The fraction of sp³-hybridized carbons (Fsp3) is 0.139. The molecule has 0 aromatic heterocycles. The van der Waals surface area contributed by atoms with Gasteiger partial charge in [0.1, 0.15) is 6.04 Å². The van der Waals surface area contributed by atoms with E-state index in [2.05, 4.69) is 159 Å². The van der Waals surface area contributed by atoms with E-state index >= 15 is 0 Å². The summed E-state index contributed by atoms with van der Waals surface area (Å²) in [7, 11) is -0.813. The van der Waals surface area contributed by atoms with Crippen molar-refractivity contribution >= 4 is 29.7 Å². The second kappa shape index (κ2) is 11.0. The molecule has 39 heavy (non-hydrogen) atoms. The monoisotopic (exact) mass is 525 g/mol. The molecule has 0 fully saturated rings. The molecule has 5 aromatic rings. The number of benzene rings is 5. The van der Waals surface area contributed by atoms with Crippen LogP contribution in [0.25, 0.3) is 0 Å². The van der Waals surface area contributed by atoms with E-state index in [1.165, 1.54) is 15.9 Å². The smallest absolute Gasteiger partial charge is 0.218 e. The van der Waals surface area contributed by atoms with Gasteiger partial charge in [-0.3, -0.25) is 0 Å². The highest BCUT2D eigenvalue weighted by molar-refractivity contribution is 7.80. The maximum Gasteiger partial charge on any atom is 0.218 e. The summed E-state index contributed by atoms with van der Waals surface area (Å²) in [5, 5.41) is 3.87. The average molecular weight is 526 g/mol. The maximum atomic E-state index is 7.20. The van der Waals surface area contributed by atoms with Crippen molar-refractivity contribution in [3.05, 3.63) is 162 Å². The Morgan fingerprint density at radius 2 is 1.03 bits per heavy atom. The molecule has 3 heteroatoms. The normalized spacial score (nSPS) is 16.2. The number of rotatable bonds is 7. The number of hydrogen-bond acceptors (Lipinski definition) is 2. The average Bonchev–Trinajstić information content (AvgIpc) is 3.42. The minimum atomic E-state index is -0.813. The third-order valence-corrected chi connectivity index (χ3v) is 9.87. The minimum Gasteiger partial charge on any atom is -0.459 e. The van der Waals surface area contributed by atoms with E-state index in [1.54, 1.807) is 0 Å². The fourth-order valence-corrected chi connectivity index (χ4v) is 8.07. The zero-order chi connectivity index (χ0) is 26.7. The molecule has 1 atom stereocenters. The van der Waals surface area contributed by atoms with Gasteiger partial charge < -0.3 is 4.74 Å². The van der Waals surface area contributed by atoms with Gasteiger partial charge in [-0.1, -0.05) is 153 Å². The highest BCUT2D eigenvalue weighted by Crippen LogP contribution is 2.46. The highest BCUT2D eigenvalue weighted by atomic mass is 31.1. The molecule has 1 heterocycles. The van der Waals surface area contributed by atoms with E-state index in [1.807, 2.05) is 0 Å². The first-order valence-electron chi connectivity index (χ1n) is 13.6. The lowest BCUT2D eigenvalue weighted by Gasteiger charge is -2.36. The van der Waals surface area contributed by atoms with Gasteiger partial charge in [0, 0.05) is 16.7 Å². The van der Waals surface area contributed by atoms with E-state index in [0.717, 1.165) is 22.6 Å². The molecule has 0 unspecified atom stereocenters. The van der Waals surface area contributed by atoms with Crippen LogP contribution >= 0.6 is 7.92 Å². The Morgan fingerprint density at radius 3 is 1.51 bits per heavy atom. The molecule has 0 bridgehead atoms. The number of aliphatic imine (C=N–C) groups is 1. The first-order chi connectivity index (χ1) is 19.2. The Labute approximate surface area is 232 Å². The van der Waals surface area contributed by atoms with Gasteiger partial charge >= 0.3 is 0 Å². The van der Waals surface area contributed by atoms with Crippen molar-refractivity contribution in [2.45, 2.75) is 25.5 Å². The van der Waals surface area contributed by atoms with Crippen molar-refractivity contribution in [2.75, 3.05) is 0 Å². The summed E-state index contributed by atoms with van der Waals surface area (Å²) in [5.74, 6) is 0.983. The van der Waals surface area contributed by atoms with Gasteiger partial charge in [0.15, 0.2) is 5.60 Å². The van der Waals surface area contributed by atoms with Crippen LogP contribution in [0.2, 0.25) is 0 Å². The van der Waals surface area contributed by atoms with E-state index in [0.29, 0.717) is 0 Å². The van der Waals surface area contributed by atoms with Crippen LogP contribution < -0.4 is 15.9 Å². The standard InChI is InChI=1S/C36H32NOP/c1-27(2)34-36(28-17-7-3-8-18-28,29-19-9-4-10-20-29)38-35(37-34)32-25-15-16-26-33(32)39(30-21-11-5-12-22-30)31-23-13-6-14-24-31/h3-27,34H,1-2H3/t34-/m0/s1. The van der Waals surface area contributed by atoms with Crippen molar-refractivity contribution in [1.29, 1.82) is 0 Å². The molecule has 192 valence electrons. The lowest BCUT2D eigenvalue weighted by molar-refractivity contribution is 0.0816. The lowest BCUT2D eigenvalue weighted by atomic mass is 9.76. The predicted octanol–water partition coefficient (Wildman–Crippen LogP) is 7.19. The van der Waals surface area contributed by atoms with Gasteiger partial charge in [-0.25, -0.2) is 4.99 Å². The number of ether oxygens (including phenoxy) is 1. The van der Waals surface area contributed by atoms with Crippen LogP contribution in [0.3, 0.4) is 0 Å². The molecular formula is C36H32NOP. The third kappa shape index (κ3) is 4.71. The summed E-state index contributed by atoms with van der Waals surface area (Å²) in [5.41, 5.74) is 2.61. The van der Waals surface area contributed by atoms with Crippen molar-refractivity contribution in [1.82, 2.24) is 0 Å². The quantitative estimate of drug-likeness (QED) is 0.206. The molecule has 0 saturated carbocycles. The van der Waals surface area contributed by atoms with E-state index in [9.17, 15) is 0 Å². The number of hydrogen-bond donors (Lipinski definition) is 0. The molecule has 0 N–H and O–H groups in total. The van der Waals surface area contributed by atoms with Gasteiger partial charge in [-0.05, 0) is 35.8 Å². The van der Waals surface area contributed by atoms with Gasteiger partial charge in [-0.2, -0.15) is 0 Å². The van der Waals surface area contributed by atoms with Crippen molar-refractivity contribution in [3.63, 3.8) is 0 Å². The zero-order valence-electron chi connectivity index (χ0n) is 22.3. The van der Waals surface area contributed by atoms with E-state index in [-0.39, 0.29) is 12.0 Å². The molecule has 0 amide bonds. The summed E-state index contributed by atoms with van der Waals surface area (Å²) >= 11 is 0. The van der Waals surface area contributed by atoms with Gasteiger partial charge in [0.05, 0.1) is 0 Å². The molecule has 0 radical (unpaired) electrons. The van der Waals surface area contributed by atoms with Crippen LogP contribution in [0.4, 0.5) is 0 Å². The SMILES string of the molecule is CC(C)[C@@H]1N=C(c2ccccc2P(c2ccccc2)c2ccccc2)OC1(c1ccccc1)c1ccccc1. The molecule has 1 aliphatic rings. The summed E-state index contributed by atoms with van der Waals surface area (Å²) < 4.78 is 7.20. The Morgan fingerprint density at radius 1 is 0.590 bits per heavy atom. The molecule has 5 aromatic carbocycles. The Balaban J connectivity index is 1.54. The Bertz CT molecular complexity index is 1470. The second-order valence-electron chi connectivity index (χ2n) is 10.2. The molecule has 6 rings (SSSR count). The van der Waals surface area contributed by atoms with Crippen LogP contribution in [0.15, 0.2) is 151 Å². The maximum absolute atomic E-state index is 7.20. The summed E-state index contributed by atoms with van der Waals surface area (Å²) in [6.07, 6.45) is 0. The summed E-state index contributed by atoms with van der Waals surface area (Å²) in [6, 6.07) is 51.4. The van der Waals surface area contributed by atoms with E-state index in [4.69, 9.17) is 9.73 Å². The topological polar surface area (TPSA) is 21.6 Å². The molecule has 0 aliphatic carbocycles. The molecule has 0 spiro atoms. The Hall–Kier alpha value is -4.00. The molecular weight excluding hydrogens is 493 g/mol. The minimum absolute atomic E-state index is 0.0787. The van der Waals surface area contributed by atoms with E-state index < -0.39 is 13.5 Å². The summed E-state index contributed by atoms with van der Waals surface area (Å²) in [6.45, 7) is 4.49. The van der Waals surface area contributed by atoms with Crippen LogP contribution in [0.5, 0.6) is 0 Å². The zero-order valence-corrected chi connectivity index (χ0v) is 23.2. The van der Waals surface area contributed by atoms with Crippen LogP contribution in [0.1, 0.15) is 30.5 Å². The van der Waals surface area contributed by atoms with Crippen LogP contribution in [0, 0.1) is 5.92 Å². The van der Waals surface area contributed by atoms with Gasteiger partial charge in [0.25, 0.3) is 0 Å². The predicted molar refractivity (Wildman–Crippen MR) is 165 cm³/mol. The number of nitrogens with zero attached hydrogens (tertiary/aromatic N) is 1. The highest BCUT2D eigenvalue weighted by Gasteiger charge is 2.51. The largest absolute Gasteiger partial charge is 0.459 e. The van der Waals surface area contributed by atoms with Crippen molar-refractivity contribution < 1.29 is 4.74 Å². The summed E-state index contributed by atoms with van der Waals surface area (Å²) in [4.78, 5) is 5.40.